The zero-order chi connectivity index (χ0) is 51.5. The number of anilines is 2. The van der Waals surface area contributed by atoms with Crippen LogP contribution in [0.25, 0.3) is 0 Å². The minimum atomic E-state index is -4.44. The summed E-state index contributed by atoms with van der Waals surface area (Å²) in [5.41, 5.74) is 2.92. The summed E-state index contributed by atoms with van der Waals surface area (Å²) in [5.74, 6) is 0.196. The number of hydrogen-bond donors (Lipinski definition) is 2. The molecule has 14 nitrogen and oxygen atoms in total. The lowest BCUT2D eigenvalue weighted by atomic mass is 9.82. The Balaban J connectivity index is 0.000000211. The molecule has 2 atom stereocenters. The van der Waals surface area contributed by atoms with Crippen LogP contribution in [-0.4, -0.2) is 77.4 Å². The van der Waals surface area contributed by atoms with Crippen molar-refractivity contribution in [2.45, 2.75) is 85.3 Å². The number of halogens is 6. The van der Waals surface area contributed by atoms with Crippen LogP contribution in [0.3, 0.4) is 0 Å². The Kier molecular flexibility index (Phi) is 17.4. The first-order valence-corrected chi connectivity index (χ1v) is 25.9. The number of methoxy groups -OCH3 is 2. The third kappa shape index (κ3) is 13.6. The van der Waals surface area contributed by atoms with Crippen LogP contribution >= 0.6 is 0 Å². The van der Waals surface area contributed by atoms with Crippen LogP contribution in [0.5, 0.6) is 11.5 Å². The van der Waals surface area contributed by atoms with Gasteiger partial charge >= 0.3 is 12.4 Å². The number of aromatic nitrogens is 4. The van der Waals surface area contributed by atoms with Crippen molar-refractivity contribution >= 4 is 31.9 Å². The van der Waals surface area contributed by atoms with E-state index in [0.717, 1.165) is 47.2 Å². The third-order valence-corrected chi connectivity index (χ3v) is 14.7. The molecule has 0 fully saturated rings. The number of sulfonamides is 2. The van der Waals surface area contributed by atoms with E-state index in [0.29, 0.717) is 87.6 Å². The lowest BCUT2D eigenvalue weighted by Crippen LogP contribution is -2.19. The van der Waals surface area contributed by atoms with Crippen molar-refractivity contribution in [1.82, 2.24) is 19.9 Å². The van der Waals surface area contributed by atoms with Crippen LogP contribution in [0.1, 0.15) is 94.9 Å². The number of aryl methyl sites for hydroxylation is 2. The standard InChI is InChI=1S/2C25H26F3N3O4S/c2*1-34-13-3-2-5-17-15-18(25(26,27)28)6-8-20(17)21-10-14-35-23-16-19(7-9-22(21)23)36(32,33)31-24-29-11-4-12-30-24/h2*4,6-9,11-12,15-16,21H,2-3,5,10,13-14H2,1H3,(H,29,30,31)/t2*21-/m10/s1. The van der Waals surface area contributed by atoms with Gasteiger partial charge in [-0.2, -0.15) is 26.3 Å². The number of fused-ring (bicyclic) bond motifs is 2. The Labute approximate surface area is 413 Å². The Morgan fingerprint density at radius 3 is 1.28 bits per heavy atom. The summed E-state index contributed by atoms with van der Waals surface area (Å²) >= 11 is 0. The fourth-order valence-corrected chi connectivity index (χ4v) is 10.5. The number of nitrogens with zero attached hydrogens (tertiary/aromatic N) is 4. The van der Waals surface area contributed by atoms with Crippen molar-refractivity contribution in [2.75, 3.05) is 50.1 Å². The molecule has 4 heterocycles. The number of rotatable bonds is 18. The Morgan fingerprint density at radius 1 is 0.542 bits per heavy atom. The maximum absolute atomic E-state index is 13.4. The predicted molar refractivity (Wildman–Crippen MR) is 255 cm³/mol. The van der Waals surface area contributed by atoms with Gasteiger partial charge in [-0.05, 0) is 122 Å². The molecule has 2 aromatic heterocycles. The van der Waals surface area contributed by atoms with Gasteiger partial charge in [-0.1, -0.05) is 24.3 Å². The molecule has 22 heteroatoms. The van der Waals surface area contributed by atoms with E-state index in [1.54, 1.807) is 38.5 Å². The number of alkyl halides is 6. The largest absolute Gasteiger partial charge is 0.493 e. The summed E-state index contributed by atoms with van der Waals surface area (Å²) < 4.78 is 158. The van der Waals surface area contributed by atoms with Crippen molar-refractivity contribution in [2.24, 2.45) is 0 Å². The first kappa shape index (κ1) is 53.4. The summed E-state index contributed by atoms with van der Waals surface area (Å²) in [6, 6.07) is 19.9. The summed E-state index contributed by atoms with van der Waals surface area (Å²) in [7, 11) is -4.76. The molecule has 0 spiro atoms. The van der Waals surface area contributed by atoms with Crippen LogP contribution in [0.2, 0.25) is 0 Å². The molecular weight excluding hydrogens is 991 g/mol. The monoisotopic (exact) mass is 1040 g/mol. The predicted octanol–water partition coefficient (Wildman–Crippen LogP) is 10.4. The number of ether oxygens (including phenoxy) is 4. The average molecular weight is 1040 g/mol. The van der Waals surface area contributed by atoms with E-state index >= 15 is 0 Å². The highest BCUT2D eigenvalue weighted by Gasteiger charge is 2.35. The molecule has 0 bridgehead atoms. The molecular formula is C50H52F6N6O8S2. The van der Waals surface area contributed by atoms with Gasteiger partial charge in [0.1, 0.15) is 11.5 Å². The second-order valence-electron chi connectivity index (χ2n) is 16.9. The Morgan fingerprint density at radius 2 is 0.917 bits per heavy atom. The second-order valence-corrected chi connectivity index (χ2v) is 20.2. The van der Waals surface area contributed by atoms with Gasteiger partial charge in [-0.15, -0.1) is 0 Å². The average Bonchev–Trinajstić information content (AvgIpc) is 3.36. The van der Waals surface area contributed by atoms with E-state index in [1.165, 1.54) is 73.3 Å². The molecule has 0 radical (unpaired) electrons. The van der Waals surface area contributed by atoms with E-state index in [-0.39, 0.29) is 33.5 Å². The fourth-order valence-electron chi connectivity index (χ4n) is 8.58. The summed E-state index contributed by atoms with van der Waals surface area (Å²) in [6.45, 7) is 1.68. The maximum atomic E-state index is 13.4. The van der Waals surface area contributed by atoms with E-state index in [9.17, 15) is 43.2 Å². The second kappa shape index (κ2) is 23.5. The molecule has 0 saturated carbocycles. The van der Waals surface area contributed by atoms with Gasteiger partial charge in [0.15, 0.2) is 0 Å². The van der Waals surface area contributed by atoms with Gasteiger partial charge in [-0.25, -0.2) is 46.2 Å². The molecule has 2 N–H and O–H groups in total. The quantitative estimate of drug-likeness (QED) is 0.0615. The minimum absolute atomic E-state index is 0.0263. The van der Waals surface area contributed by atoms with Crippen molar-refractivity contribution in [3.05, 3.63) is 154 Å². The molecule has 6 aromatic rings. The van der Waals surface area contributed by atoms with Gasteiger partial charge in [0.25, 0.3) is 20.0 Å². The zero-order valence-electron chi connectivity index (χ0n) is 39.2. The van der Waals surface area contributed by atoms with E-state index in [2.05, 4.69) is 29.4 Å². The summed E-state index contributed by atoms with van der Waals surface area (Å²) in [6.07, 6.45) is 1.70. The van der Waals surface area contributed by atoms with Crippen LogP contribution in [0, 0.1) is 0 Å². The first-order chi connectivity index (χ1) is 34.4. The smallest absolute Gasteiger partial charge is 0.416 e. The van der Waals surface area contributed by atoms with E-state index in [4.69, 9.17) is 18.9 Å². The molecule has 0 aliphatic carbocycles. The lowest BCUT2D eigenvalue weighted by Gasteiger charge is -2.29. The van der Waals surface area contributed by atoms with Gasteiger partial charge < -0.3 is 18.9 Å². The number of unbranched alkanes of at least 4 members (excludes halogenated alkanes) is 2. The van der Waals surface area contributed by atoms with Crippen LogP contribution in [-0.2, 0) is 54.7 Å². The van der Waals surface area contributed by atoms with E-state index in [1.807, 2.05) is 0 Å². The van der Waals surface area contributed by atoms with Gasteiger partial charge in [-0.3, -0.25) is 0 Å². The summed E-state index contributed by atoms with van der Waals surface area (Å²) in [4.78, 5) is 15.5. The van der Waals surface area contributed by atoms with Gasteiger partial charge in [0, 0.05) is 87.3 Å². The first-order valence-electron chi connectivity index (χ1n) is 22.9. The minimum Gasteiger partial charge on any atom is -0.493 e. The highest BCUT2D eigenvalue weighted by Crippen LogP contribution is 2.44. The topological polar surface area (TPSA) is 181 Å². The highest BCUT2D eigenvalue weighted by molar-refractivity contribution is 7.93. The van der Waals surface area contributed by atoms with Crippen LogP contribution in [0.4, 0.5) is 38.2 Å². The molecule has 0 saturated heterocycles. The zero-order valence-corrected chi connectivity index (χ0v) is 40.8. The molecule has 0 amide bonds. The molecule has 384 valence electrons. The molecule has 2 aliphatic rings. The molecule has 2 aliphatic heterocycles. The molecule has 72 heavy (non-hydrogen) atoms. The lowest BCUT2D eigenvalue weighted by molar-refractivity contribution is -0.138. The fraction of sp³-hybridized carbons (Fsp3) is 0.360. The van der Waals surface area contributed by atoms with Gasteiger partial charge in [0.05, 0.1) is 34.1 Å². The molecule has 8 rings (SSSR count). The van der Waals surface area contributed by atoms with E-state index < -0.39 is 43.5 Å². The number of benzene rings is 4. The van der Waals surface area contributed by atoms with Crippen molar-refractivity contribution in [3.8, 4) is 11.5 Å². The Bertz CT molecular complexity index is 2810. The van der Waals surface area contributed by atoms with Crippen LogP contribution < -0.4 is 18.9 Å². The molecule has 0 unspecified atom stereocenters. The Hall–Kier alpha value is -6.36. The number of nitrogens with one attached hydrogen (secondary N) is 2. The van der Waals surface area contributed by atoms with Crippen molar-refractivity contribution in [1.29, 1.82) is 0 Å². The van der Waals surface area contributed by atoms with Gasteiger partial charge in [0.2, 0.25) is 11.9 Å². The van der Waals surface area contributed by atoms with Crippen molar-refractivity contribution < 1.29 is 62.1 Å². The van der Waals surface area contributed by atoms with Crippen LogP contribution in [0.15, 0.2) is 120 Å². The maximum Gasteiger partial charge on any atom is 0.416 e. The normalized spacial score (nSPS) is 15.7. The highest BCUT2D eigenvalue weighted by atomic mass is 32.2. The summed E-state index contributed by atoms with van der Waals surface area (Å²) in [5, 5.41) is 0. The SMILES string of the molecule is COCCCCc1cc(C(F)(F)F)ccc1[C@@H]1CCOc2cc(S(=O)(=O)Nc3ncccn3)ccc21.COCCCCc1cc(C(F)(F)F)ccc1[C@H]1CCOc2cc(S(=O)(=O)Nc3ncccn3)ccc21. The third-order valence-electron chi connectivity index (χ3n) is 12.0. The van der Waals surface area contributed by atoms with Crippen molar-refractivity contribution in [3.63, 3.8) is 0 Å². The number of hydrogen-bond acceptors (Lipinski definition) is 12. The molecule has 4 aromatic carbocycles.